The number of fused-ring (bicyclic) bond motifs is 1. The van der Waals surface area contributed by atoms with Crippen molar-refractivity contribution in [2.24, 2.45) is 5.92 Å². The van der Waals surface area contributed by atoms with Gasteiger partial charge in [0.15, 0.2) is 0 Å². The standard InChI is InChI=1S/C20H32N6O2/c1-13-18(14(2)23-22-13)6-8-20(28)25-9-10-26-17(12-25)11-16(24-26)5-7-19(27)21-15-3-4-15/h11,13-15,18,22-23H,3-10,12H2,1-2H3,(H,21,27). The predicted molar refractivity (Wildman–Crippen MR) is 105 cm³/mol. The minimum Gasteiger partial charge on any atom is -0.353 e. The van der Waals surface area contributed by atoms with E-state index in [2.05, 4.69) is 41.2 Å². The number of aryl methyl sites for hydroxylation is 1. The van der Waals surface area contributed by atoms with Gasteiger partial charge in [-0.3, -0.25) is 25.1 Å². The molecule has 2 fully saturated rings. The summed E-state index contributed by atoms with van der Waals surface area (Å²) in [6.45, 7) is 6.39. The van der Waals surface area contributed by atoms with Gasteiger partial charge in [-0.2, -0.15) is 5.10 Å². The normalized spacial score (nSPS) is 26.9. The van der Waals surface area contributed by atoms with Crippen LogP contribution >= 0.6 is 0 Å². The third-order valence-electron chi connectivity index (χ3n) is 6.27. The Kier molecular flexibility index (Phi) is 5.68. The lowest BCUT2D eigenvalue weighted by Gasteiger charge is -2.28. The number of nitrogens with one attached hydrogen (secondary N) is 3. The molecule has 0 radical (unpaired) electrons. The second-order valence-corrected chi connectivity index (χ2v) is 8.58. The number of hydrazine groups is 1. The molecule has 1 saturated carbocycles. The van der Waals surface area contributed by atoms with E-state index in [1.165, 1.54) is 0 Å². The zero-order valence-electron chi connectivity index (χ0n) is 16.9. The van der Waals surface area contributed by atoms with E-state index < -0.39 is 0 Å². The molecule has 0 bridgehead atoms. The van der Waals surface area contributed by atoms with Crippen LogP contribution in [0.5, 0.6) is 0 Å². The number of hydrogen-bond acceptors (Lipinski definition) is 5. The third-order valence-corrected chi connectivity index (χ3v) is 6.27. The number of carbonyl (C=O) groups is 2. The van der Waals surface area contributed by atoms with Crippen LogP contribution in [0.1, 0.15) is 57.3 Å². The van der Waals surface area contributed by atoms with Gasteiger partial charge >= 0.3 is 0 Å². The van der Waals surface area contributed by atoms with Crippen LogP contribution in [0, 0.1) is 5.92 Å². The van der Waals surface area contributed by atoms with Crippen molar-refractivity contribution in [1.82, 2.24) is 30.8 Å². The van der Waals surface area contributed by atoms with Gasteiger partial charge in [0, 0.05) is 43.9 Å². The summed E-state index contributed by atoms with van der Waals surface area (Å²) in [5, 5.41) is 7.64. The van der Waals surface area contributed by atoms with Crippen molar-refractivity contribution in [2.45, 2.75) is 83.6 Å². The second kappa shape index (κ2) is 8.21. The van der Waals surface area contributed by atoms with E-state index in [1.807, 2.05) is 9.58 Å². The molecule has 1 aromatic rings. The van der Waals surface area contributed by atoms with Crippen LogP contribution in [-0.4, -0.2) is 51.2 Å². The van der Waals surface area contributed by atoms with E-state index in [-0.39, 0.29) is 11.8 Å². The summed E-state index contributed by atoms with van der Waals surface area (Å²) in [4.78, 5) is 26.5. The van der Waals surface area contributed by atoms with Gasteiger partial charge in [-0.1, -0.05) is 0 Å². The van der Waals surface area contributed by atoms with E-state index in [4.69, 9.17) is 0 Å². The second-order valence-electron chi connectivity index (χ2n) is 8.58. The van der Waals surface area contributed by atoms with E-state index in [1.54, 1.807) is 0 Å². The Hall–Kier alpha value is -1.93. The monoisotopic (exact) mass is 388 g/mol. The predicted octanol–water partition coefficient (Wildman–Crippen LogP) is 0.718. The average molecular weight is 389 g/mol. The van der Waals surface area contributed by atoms with Gasteiger partial charge in [0.2, 0.25) is 11.8 Å². The Balaban J connectivity index is 1.26. The number of hydrogen-bond donors (Lipinski definition) is 3. The fraction of sp³-hybridized carbons (Fsp3) is 0.750. The molecule has 2 amide bonds. The SMILES string of the molecule is CC1NNC(C)C1CCC(=O)N1CCn2nc(CCC(=O)NC3CC3)cc2C1. The van der Waals surface area contributed by atoms with Crippen molar-refractivity contribution in [1.29, 1.82) is 0 Å². The average Bonchev–Trinajstić information content (AvgIpc) is 3.30. The van der Waals surface area contributed by atoms with Gasteiger partial charge in [0.05, 0.1) is 24.5 Å². The number of carbonyl (C=O) groups excluding carboxylic acids is 2. The molecular formula is C20H32N6O2. The molecule has 154 valence electrons. The van der Waals surface area contributed by atoms with Gasteiger partial charge in [-0.15, -0.1) is 0 Å². The lowest BCUT2D eigenvalue weighted by atomic mass is 9.91. The highest BCUT2D eigenvalue weighted by atomic mass is 16.2. The molecule has 0 aromatic carbocycles. The molecule has 0 spiro atoms. The van der Waals surface area contributed by atoms with E-state index >= 15 is 0 Å². The van der Waals surface area contributed by atoms with E-state index in [0.717, 1.165) is 37.2 Å². The summed E-state index contributed by atoms with van der Waals surface area (Å²) in [5.74, 6) is 0.821. The van der Waals surface area contributed by atoms with Gasteiger partial charge in [-0.05, 0) is 45.1 Å². The van der Waals surface area contributed by atoms with Gasteiger partial charge in [-0.25, -0.2) is 0 Å². The first kappa shape index (κ1) is 19.4. The molecule has 1 aromatic heterocycles. The van der Waals surface area contributed by atoms with Crippen molar-refractivity contribution < 1.29 is 9.59 Å². The highest BCUT2D eigenvalue weighted by Gasteiger charge is 2.31. The van der Waals surface area contributed by atoms with Crippen molar-refractivity contribution in [3.8, 4) is 0 Å². The first-order valence-corrected chi connectivity index (χ1v) is 10.6. The van der Waals surface area contributed by atoms with Crippen LogP contribution in [0.2, 0.25) is 0 Å². The van der Waals surface area contributed by atoms with Crippen molar-refractivity contribution >= 4 is 11.8 Å². The molecule has 8 heteroatoms. The van der Waals surface area contributed by atoms with Crippen molar-refractivity contribution in [3.05, 3.63) is 17.5 Å². The highest BCUT2D eigenvalue weighted by molar-refractivity contribution is 5.77. The number of amides is 2. The third kappa shape index (κ3) is 4.55. The van der Waals surface area contributed by atoms with Gasteiger partial charge < -0.3 is 10.2 Å². The molecule has 8 nitrogen and oxygen atoms in total. The number of aromatic nitrogens is 2. The molecule has 2 atom stereocenters. The van der Waals surface area contributed by atoms with Crippen LogP contribution in [0.3, 0.4) is 0 Å². The quantitative estimate of drug-likeness (QED) is 0.640. The fourth-order valence-electron chi connectivity index (χ4n) is 4.29. The first-order valence-electron chi connectivity index (χ1n) is 10.6. The zero-order chi connectivity index (χ0) is 19.7. The molecule has 2 aliphatic heterocycles. The minimum absolute atomic E-state index is 0.115. The Morgan fingerprint density at radius 3 is 2.64 bits per heavy atom. The maximum absolute atomic E-state index is 12.7. The molecular weight excluding hydrogens is 356 g/mol. The molecule has 1 saturated heterocycles. The highest BCUT2D eigenvalue weighted by Crippen LogP contribution is 2.22. The van der Waals surface area contributed by atoms with Crippen LogP contribution in [0.4, 0.5) is 0 Å². The largest absolute Gasteiger partial charge is 0.353 e. The Labute approximate surface area is 166 Å². The first-order chi connectivity index (χ1) is 13.5. The summed E-state index contributed by atoms with van der Waals surface area (Å²) >= 11 is 0. The smallest absolute Gasteiger partial charge is 0.222 e. The summed E-state index contributed by atoms with van der Waals surface area (Å²) in [5.41, 5.74) is 8.53. The topological polar surface area (TPSA) is 91.3 Å². The van der Waals surface area contributed by atoms with Crippen LogP contribution < -0.4 is 16.2 Å². The van der Waals surface area contributed by atoms with Crippen LogP contribution in [0.15, 0.2) is 6.07 Å². The fourth-order valence-corrected chi connectivity index (χ4v) is 4.29. The van der Waals surface area contributed by atoms with Crippen molar-refractivity contribution in [2.75, 3.05) is 6.54 Å². The maximum atomic E-state index is 12.7. The summed E-state index contributed by atoms with van der Waals surface area (Å²) < 4.78 is 1.99. The van der Waals surface area contributed by atoms with Crippen molar-refractivity contribution in [3.63, 3.8) is 0 Å². The number of nitrogens with zero attached hydrogens (tertiary/aromatic N) is 3. The summed E-state index contributed by atoms with van der Waals surface area (Å²) in [6, 6.07) is 3.25. The Morgan fingerprint density at radius 1 is 1.18 bits per heavy atom. The van der Waals surface area contributed by atoms with Gasteiger partial charge in [0.25, 0.3) is 0 Å². The van der Waals surface area contributed by atoms with Gasteiger partial charge in [0.1, 0.15) is 0 Å². The lowest BCUT2D eigenvalue weighted by molar-refractivity contribution is -0.133. The molecule has 4 rings (SSSR count). The molecule has 28 heavy (non-hydrogen) atoms. The molecule has 3 heterocycles. The Bertz CT molecular complexity index is 718. The zero-order valence-corrected chi connectivity index (χ0v) is 16.9. The van der Waals surface area contributed by atoms with E-state index in [9.17, 15) is 9.59 Å². The number of rotatable bonds is 7. The molecule has 2 unspecified atom stereocenters. The Morgan fingerprint density at radius 2 is 1.93 bits per heavy atom. The minimum atomic E-state index is 0.115. The lowest BCUT2D eigenvalue weighted by Crippen LogP contribution is -2.38. The van der Waals surface area contributed by atoms with E-state index in [0.29, 0.717) is 56.4 Å². The molecule has 3 aliphatic rings. The van der Waals surface area contributed by atoms with Crippen LogP contribution in [0.25, 0.3) is 0 Å². The summed E-state index contributed by atoms with van der Waals surface area (Å²) in [7, 11) is 0. The van der Waals surface area contributed by atoms with Crippen LogP contribution in [-0.2, 0) is 29.1 Å². The summed E-state index contributed by atoms with van der Waals surface area (Å²) in [6.07, 6.45) is 4.85. The molecule has 3 N–H and O–H groups in total. The molecule has 1 aliphatic carbocycles. The maximum Gasteiger partial charge on any atom is 0.222 e.